The molecule has 1 aromatic carbocycles. The van der Waals surface area contributed by atoms with Crippen LogP contribution in [0.25, 0.3) is 0 Å². The predicted molar refractivity (Wildman–Crippen MR) is 76.2 cm³/mol. The van der Waals surface area contributed by atoms with E-state index in [0.717, 1.165) is 0 Å². The molecular formula is C14H14BrF2N3. The third-order valence-corrected chi connectivity index (χ3v) is 3.51. The molecule has 3 nitrogen and oxygen atoms in total. The topological polar surface area (TPSA) is 37.8 Å². The Morgan fingerprint density at radius 2 is 1.95 bits per heavy atom. The second kappa shape index (κ2) is 6.85. The average Bonchev–Trinajstić information content (AvgIpc) is 2.47. The molecule has 1 aromatic heterocycles. The number of rotatable bonds is 5. The van der Waals surface area contributed by atoms with Crippen molar-refractivity contribution in [2.45, 2.75) is 19.4 Å². The number of hydrogen-bond donors (Lipinski definition) is 1. The standard InChI is InChI=1S/C14H14BrF2N3/c1-2-18-12(14-19-6-3-7-20-14)8-9-11(16)5-4-10(15)13(9)17/h3-7,12,18H,2,8H2,1H3. The molecule has 0 radical (unpaired) electrons. The van der Waals surface area contributed by atoms with Gasteiger partial charge in [-0.1, -0.05) is 6.92 Å². The van der Waals surface area contributed by atoms with E-state index in [2.05, 4.69) is 31.2 Å². The SMILES string of the molecule is CCNC(Cc1c(F)ccc(Br)c1F)c1ncccn1. The third kappa shape index (κ3) is 3.37. The van der Waals surface area contributed by atoms with Crippen molar-refractivity contribution in [2.24, 2.45) is 0 Å². The Kier molecular flexibility index (Phi) is 5.14. The smallest absolute Gasteiger partial charge is 0.145 e. The highest BCUT2D eigenvalue weighted by atomic mass is 79.9. The van der Waals surface area contributed by atoms with Gasteiger partial charge in [-0.3, -0.25) is 0 Å². The van der Waals surface area contributed by atoms with Gasteiger partial charge in [0.2, 0.25) is 0 Å². The average molecular weight is 342 g/mol. The van der Waals surface area contributed by atoms with E-state index in [1.807, 2.05) is 6.92 Å². The van der Waals surface area contributed by atoms with Crippen molar-refractivity contribution in [3.8, 4) is 0 Å². The fraction of sp³-hybridized carbons (Fsp3) is 0.286. The Morgan fingerprint density at radius 3 is 2.60 bits per heavy atom. The first-order valence-corrected chi connectivity index (χ1v) is 7.05. The van der Waals surface area contributed by atoms with E-state index in [1.165, 1.54) is 12.1 Å². The number of nitrogens with zero attached hydrogens (tertiary/aromatic N) is 2. The van der Waals surface area contributed by atoms with Gasteiger partial charge in [0.05, 0.1) is 10.5 Å². The first kappa shape index (κ1) is 15.0. The van der Waals surface area contributed by atoms with Gasteiger partial charge in [0.25, 0.3) is 0 Å². The molecule has 0 aliphatic rings. The van der Waals surface area contributed by atoms with E-state index in [1.54, 1.807) is 18.5 Å². The summed E-state index contributed by atoms with van der Waals surface area (Å²) < 4.78 is 28.1. The van der Waals surface area contributed by atoms with Crippen LogP contribution in [0.2, 0.25) is 0 Å². The molecule has 0 bridgehead atoms. The summed E-state index contributed by atoms with van der Waals surface area (Å²) in [4.78, 5) is 8.29. The fourth-order valence-corrected chi connectivity index (χ4v) is 2.32. The van der Waals surface area contributed by atoms with E-state index in [-0.39, 0.29) is 22.5 Å². The van der Waals surface area contributed by atoms with E-state index in [9.17, 15) is 8.78 Å². The minimum atomic E-state index is -0.580. The molecule has 106 valence electrons. The lowest BCUT2D eigenvalue weighted by Crippen LogP contribution is -2.25. The second-order valence-corrected chi connectivity index (χ2v) is 5.10. The molecule has 1 atom stereocenters. The summed E-state index contributed by atoms with van der Waals surface area (Å²) >= 11 is 3.07. The molecule has 2 aromatic rings. The van der Waals surface area contributed by atoms with Crippen LogP contribution in [0.15, 0.2) is 35.1 Å². The predicted octanol–water partition coefficient (Wildman–Crippen LogP) is 3.41. The maximum Gasteiger partial charge on any atom is 0.145 e. The van der Waals surface area contributed by atoms with Crippen LogP contribution in [0.4, 0.5) is 8.78 Å². The van der Waals surface area contributed by atoms with Crippen LogP contribution in [0.5, 0.6) is 0 Å². The van der Waals surface area contributed by atoms with Crippen molar-refractivity contribution in [1.82, 2.24) is 15.3 Å². The molecular weight excluding hydrogens is 328 g/mol. The van der Waals surface area contributed by atoms with Crippen molar-refractivity contribution in [1.29, 1.82) is 0 Å². The van der Waals surface area contributed by atoms with Crippen LogP contribution in [0.3, 0.4) is 0 Å². The molecule has 0 amide bonds. The van der Waals surface area contributed by atoms with Gasteiger partial charge < -0.3 is 5.32 Å². The van der Waals surface area contributed by atoms with E-state index < -0.39 is 11.6 Å². The molecule has 0 spiro atoms. The van der Waals surface area contributed by atoms with Crippen molar-refractivity contribution < 1.29 is 8.78 Å². The zero-order valence-electron chi connectivity index (χ0n) is 10.9. The quantitative estimate of drug-likeness (QED) is 0.847. The number of nitrogens with one attached hydrogen (secondary N) is 1. The zero-order valence-corrected chi connectivity index (χ0v) is 12.5. The molecule has 1 heterocycles. The van der Waals surface area contributed by atoms with Gasteiger partial charge in [-0.05, 0) is 40.7 Å². The van der Waals surface area contributed by atoms with Crippen LogP contribution in [-0.4, -0.2) is 16.5 Å². The summed E-state index contributed by atoms with van der Waals surface area (Å²) in [5.74, 6) is -0.624. The van der Waals surface area contributed by atoms with Gasteiger partial charge in [0.1, 0.15) is 17.5 Å². The summed E-state index contributed by atoms with van der Waals surface area (Å²) in [6.45, 7) is 2.57. The molecule has 2 rings (SSSR count). The maximum atomic E-state index is 14.0. The molecule has 6 heteroatoms. The van der Waals surface area contributed by atoms with Crippen molar-refractivity contribution >= 4 is 15.9 Å². The van der Waals surface area contributed by atoms with Crippen molar-refractivity contribution in [3.63, 3.8) is 0 Å². The second-order valence-electron chi connectivity index (χ2n) is 4.24. The first-order chi connectivity index (χ1) is 9.63. The van der Waals surface area contributed by atoms with E-state index in [0.29, 0.717) is 12.4 Å². The first-order valence-electron chi connectivity index (χ1n) is 6.26. The van der Waals surface area contributed by atoms with E-state index >= 15 is 0 Å². The lowest BCUT2D eigenvalue weighted by Gasteiger charge is -2.17. The Hall–Kier alpha value is -1.40. The third-order valence-electron chi connectivity index (χ3n) is 2.90. The lowest BCUT2D eigenvalue weighted by atomic mass is 10.0. The van der Waals surface area contributed by atoms with Gasteiger partial charge in [0, 0.05) is 24.4 Å². The number of aromatic nitrogens is 2. The number of hydrogen-bond acceptors (Lipinski definition) is 3. The van der Waals surface area contributed by atoms with Gasteiger partial charge in [-0.2, -0.15) is 0 Å². The Balaban J connectivity index is 2.32. The minimum absolute atomic E-state index is 0.0257. The summed E-state index contributed by atoms with van der Waals surface area (Å²) in [6, 6.07) is 3.97. The molecule has 0 aliphatic heterocycles. The summed E-state index contributed by atoms with van der Waals surface area (Å²) in [5, 5.41) is 3.15. The Morgan fingerprint density at radius 1 is 1.25 bits per heavy atom. The van der Waals surface area contributed by atoms with Gasteiger partial charge in [-0.25, -0.2) is 18.7 Å². The Labute approximate surface area is 124 Å². The molecule has 1 N–H and O–H groups in total. The highest BCUT2D eigenvalue weighted by Crippen LogP contribution is 2.25. The van der Waals surface area contributed by atoms with Crippen LogP contribution in [0, 0.1) is 11.6 Å². The van der Waals surface area contributed by atoms with Crippen LogP contribution in [0.1, 0.15) is 24.4 Å². The van der Waals surface area contributed by atoms with Crippen LogP contribution in [-0.2, 0) is 6.42 Å². The van der Waals surface area contributed by atoms with Crippen LogP contribution >= 0.6 is 15.9 Å². The van der Waals surface area contributed by atoms with Crippen LogP contribution < -0.4 is 5.32 Å². The van der Waals surface area contributed by atoms with Crippen molar-refractivity contribution in [2.75, 3.05) is 6.54 Å². The minimum Gasteiger partial charge on any atom is -0.307 e. The molecule has 0 saturated carbocycles. The molecule has 0 aliphatic carbocycles. The highest BCUT2D eigenvalue weighted by Gasteiger charge is 2.20. The summed E-state index contributed by atoms with van der Waals surface area (Å²) in [7, 11) is 0. The fourth-order valence-electron chi connectivity index (χ4n) is 1.95. The van der Waals surface area contributed by atoms with Gasteiger partial charge in [-0.15, -0.1) is 0 Å². The summed E-state index contributed by atoms with van der Waals surface area (Å²) in [6.07, 6.45) is 3.37. The highest BCUT2D eigenvalue weighted by molar-refractivity contribution is 9.10. The molecule has 1 unspecified atom stereocenters. The van der Waals surface area contributed by atoms with E-state index in [4.69, 9.17) is 0 Å². The lowest BCUT2D eigenvalue weighted by molar-refractivity contribution is 0.482. The Bertz CT molecular complexity index is 578. The zero-order chi connectivity index (χ0) is 14.5. The largest absolute Gasteiger partial charge is 0.307 e. The monoisotopic (exact) mass is 341 g/mol. The molecule has 20 heavy (non-hydrogen) atoms. The van der Waals surface area contributed by atoms with Crippen molar-refractivity contribution in [3.05, 3.63) is 58.1 Å². The maximum absolute atomic E-state index is 14.0. The number of likely N-dealkylation sites (N-methyl/N-ethyl adjacent to an activating group) is 1. The van der Waals surface area contributed by atoms with Gasteiger partial charge in [0.15, 0.2) is 0 Å². The van der Waals surface area contributed by atoms with Gasteiger partial charge >= 0.3 is 0 Å². The summed E-state index contributed by atoms with van der Waals surface area (Å²) in [5.41, 5.74) is 0.0257. The normalized spacial score (nSPS) is 12.4. The molecule has 0 fully saturated rings. The number of halogens is 3. The molecule has 0 saturated heterocycles. The number of benzene rings is 1.